The van der Waals surface area contributed by atoms with E-state index in [4.69, 9.17) is 4.42 Å². The predicted octanol–water partition coefficient (Wildman–Crippen LogP) is 2.30. The summed E-state index contributed by atoms with van der Waals surface area (Å²) in [6, 6.07) is 6.03. The van der Waals surface area contributed by atoms with Gasteiger partial charge in [0.2, 0.25) is 5.91 Å². The first-order valence-corrected chi connectivity index (χ1v) is 8.80. The number of benzene rings is 1. The molecule has 2 heterocycles. The van der Waals surface area contributed by atoms with Crippen LogP contribution in [0.3, 0.4) is 0 Å². The molecular weight excluding hydrogens is 388 g/mol. The average molecular weight is 399 g/mol. The number of rotatable bonds is 4. The molecule has 9 heteroatoms. The lowest BCUT2D eigenvalue weighted by Crippen LogP contribution is -2.36. The van der Waals surface area contributed by atoms with E-state index in [9.17, 15) is 18.0 Å². The molecule has 2 aromatic rings. The summed E-state index contributed by atoms with van der Waals surface area (Å²) in [5, 5.41) is 1.93. The smallest absolute Gasteiger partial charge is 0.338 e. The van der Waals surface area contributed by atoms with Crippen molar-refractivity contribution in [1.29, 1.82) is 0 Å². The summed E-state index contributed by atoms with van der Waals surface area (Å²) in [5.41, 5.74) is 0. The second-order valence-corrected chi connectivity index (χ2v) is 7.55. The van der Waals surface area contributed by atoms with Crippen LogP contribution in [0, 0.1) is 0 Å². The molecule has 1 atom stereocenters. The van der Waals surface area contributed by atoms with Crippen molar-refractivity contribution in [3.63, 3.8) is 0 Å². The summed E-state index contributed by atoms with van der Waals surface area (Å²) in [6.07, 6.45) is 1.17. The molecule has 3 rings (SSSR count). The van der Waals surface area contributed by atoms with Gasteiger partial charge in [0.05, 0.1) is 0 Å². The van der Waals surface area contributed by atoms with Crippen molar-refractivity contribution < 1.29 is 22.4 Å². The van der Waals surface area contributed by atoms with Crippen LogP contribution in [-0.2, 0) is 14.8 Å². The van der Waals surface area contributed by atoms with E-state index in [1.165, 1.54) is 6.08 Å². The molecule has 0 radical (unpaired) electrons. The van der Waals surface area contributed by atoms with Crippen LogP contribution in [0.4, 0.5) is 4.79 Å². The fraction of sp³-hybridized carbons (Fsp3) is 0.143. The monoisotopic (exact) mass is 398 g/mol. The molecular formula is C14H11BrN2O5S. The Morgan fingerprint density at radius 1 is 1.30 bits per heavy atom. The molecule has 0 spiro atoms. The van der Waals surface area contributed by atoms with Gasteiger partial charge in [0, 0.05) is 10.8 Å². The Hall–Kier alpha value is -2.13. The van der Waals surface area contributed by atoms with Gasteiger partial charge in [-0.05, 0) is 22.0 Å². The largest absolute Gasteiger partial charge is 0.451 e. The molecule has 0 saturated carbocycles. The number of fused-ring (bicyclic) bond motifs is 1. The molecule has 1 unspecified atom stereocenters. The summed E-state index contributed by atoms with van der Waals surface area (Å²) in [4.78, 5) is 23.0. The highest BCUT2D eigenvalue weighted by Gasteiger charge is 2.42. The Labute approximate surface area is 140 Å². The van der Waals surface area contributed by atoms with Gasteiger partial charge in [0.1, 0.15) is 12.3 Å². The number of hydrogen-bond acceptors (Lipinski definition) is 5. The van der Waals surface area contributed by atoms with E-state index in [1.807, 2.05) is 5.32 Å². The first kappa shape index (κ1) is 15.8. The second kappa shape index (κ2) is 5.50. The molecule has 1 aliphatic rings. The van der Waals surface area contributed by atoms with Gasteiger partial charge in [-0.3, -0.25) is 10.1 Å². The van der Waals surface area contributed by atoms with Gasteiger partial charge in [-0.25, -0.2) is 17.5 Å². The van der Waals surface area contributed by atoms with Crippen molar-refractivity contribution in [2.24, 2.45) is 0 Å². The number of nitrogens with one attached hydrogen (secondary N) is 1. The maximum atomic E-state index is 12.7. The van der Waals surface area contributed by atoms with Crippen LogP contribution in [-0.4, -0.2) is 31.2 Å². The zero-order valence-corrected chi connectivity index (χ0v) is 14.1. The van der Waals surface area contributed by atoms with E-state index < -0.39 is 33.8 Å². The minimum Gasteiger partial charge on any atom is -0.451 e. The lowest BCUT2D eigenvalue weighted by Gasteiger charge is -2.19. The molecule has 23 heavy (non-hydrogen) atoms. The number of halogens is 1. The van der Waals surface area contributed by atoms with Gasteiger partial charge >= 0.3 is 6.03 Å². The van der Waals surface area contributed by atoms with E-state index in [1.54, 1.807) is 24.3 Å². The quantitative estimate of drug-likeness (QED) is 0.629. The number of carbonyl (C=O) groups excluding carboxylic acids is 2. The highest BCUT2D eigenvalue weighted by molar-refractivity contribution is 9.10. The first-order valence-electron chi connectivity index (χ1n) is 6.51. The molecule has 1 fully saturated rings. The van der Waals surface area contributed by atoms with Crippen molar-refractivity contribution >= 4 is 48.7 Å². The van der Waals surface area contributed by atoms with Gasteiger partial charge in [0.25, 0.3) is 10.0 Å². The van der Waals surface area contributed by atoms with Crippen LogP contribution in [0.2, 0.25) is 0 Å². The fourth-order valence-electron chi connectivity index (χ4n) is 2.42. The molecule has 3 amide bonds. The topological polar surface area (TPSA) is 96.7 Å². The molecule has 1 saturated heterocycles. The Morgan fingerprint density at radius 2 is 1.96 bits per heavy atom. The van der Waals surface area contributed by atoms with Crippen LogP contribution < -0.4 is 5.32 Å². The zero-order chi connectivity index (χ0) is 16.8. The van der Waals surface area contributed by atoms with E-state index in [0.29, 0.717) is 19.7 Å². The van der Waals surface area contributed by atoms with E-state index >= 15 is 0 Å². The second-order valence-electron chi connectivity index (χ2n) is 4.85. The standard InChI is InChI=1S/C14H11BrN2O5S/c1-2-10(23(20,21)17-7-11(18)16-14(17)19)12-8-5-3-4-6-9(8)13(15)22-12/h2-6,10H,1,7H2,(H,16,18,19). The van der Waals surface area contributed by atoms with E-state index in [2.05, 4.69) is 22.5 Å². The molecule has 0 bridgehead atoms. The third kappa shape index (κ3) is 2.45. The molecule has 1 aromatic heterocycles. The number of hydrogen-bond donors (Lipinski definition) is 1. The lowest BCUT2D eigenvalue weighted by atomic mass is 10.1. The minimum absolute atomic E-state index is 0.134. The van der Waals surface area contributed by atoms with Gasteiger partial charge < -0.3 is 4.42 Å². The summed E-state index contributed by atoms with van der Waals surface area (Å²) in [6.45, 7) is 2.99. The van der Waals surface area contributed by atoms with Crippen molar-refractivity contribution in [3.8, 4) is 0 Å². The fourth-order valence-corrected chi connectivity index (χ4v) is 4.47. The van der Waals surface area contributed by atoms with Crippen LogP contribution in [0.25, 0.3) is 10.8 Å². The molecule has 0 aliphatic carbocycles. The maximum Gasteiger partial charge on any atom is 0.338 e. The number of urea groups is 1. The minimum atomic E-state index is -4.20. The Kier molecular flexibility index (Phi) is 3.77. The van der Waals surface area contributed by atoms with Crippen molar-refractivity contribution in [1.82, 2.24) is 9.62 Å². The lowest BCUT2D eigenvalue weighted by molar-refractivity contribution is -0.118. The van der Waals surface area contributed by atoms with Crippen molar-refractivity contribution in [2.75, 3.05) is 6.54 Å². The maximum absolute atomic E-state index is 12.7. The number of sulfonamides is 1. The third-order valence-corrected chi connectivity index (χ3v) is 6.01. The molecule has 7 nitrogen and oxygen atoms in total. The molecule has 1 aliphatic heterocycles. The van der Waals surface area contributed by atoms with Crippen molar-refractivity contribution in [2.45, 2.75) is 5.25 Å². The van der Waals surface area contributed by atoms with E-state index in [-0.39, 0.29) is 5.76 Å². The number of imide groups is 1. The predicted molar refractivity (Wildman–Crippen MR) is 86.0 cm³/mol. The first-order chi connectivity index (χ1) is 10.9. The normalized spacial score (nSPS) is 16.7. The Morgan fingerprint density at radius 3 is 2.52 bits per heavy atom. The summed E-state index contributed by atoms with van der Waals surface area (Å²) < 4.78 is 31.9. The molecule has 1 aromatic carbocycles. The van der Waals surface area contributed by atoms with Gasteiger partial charge in [-0.2, -0.15) is 0 Å². The SMILES string of the molecule is C=CC(c1oc(Br)c2ccccc12)S(=O)(=O)N1CC(=O)NC1=O. The van der Waals surface area contributed by atoms with Gasteiger partial charge in [0.15, 0.2) is 9.92 Å². The molecule has 1 N–H and O–H groups in total. The highest BCUT2D eigenvalue weighted by Crippen LogP contribution is 2.38. The third-order valence-electron chi connectivity index (χ3n) is 3.46. The number of amides is 3. The Bertz CT molecular complexity index is 934. The number of furan rings is 1. The summed E-state index contributed by atoms with van der Waals surface area (Å²) in [5.74, 6) is -0.540. The molecule has 120 valence electrons. The summed E-state index contributed by atoms with van der Waals surface area (Å²) in [7, 11) is -4.20. The highest BCUT2D eigenvalue weighted by atomic mass is 79.9. The van der Waals surface area contributed by atoms with Crippen molar-refractivity contribution in [3.05, 3.63) is 47.4 Å². The van der Waals surface area contributed by atoms with Crippen LogP contribution in [0.15, 0.2) is 46.0 Å². The van der Waals surface area contributed by atoms with E-state index in [0.717, 1.165) is 0 Å². The van der Waals surface area contributed by atoms with Crippen LogP contribution >= 0.6 is 15.9 Å². The van der Waals surface area contributed by atoms with Gasteiger partial charge in [-0.15, -0.1) is 6.58 Å². The summed E-state index contributed by atoms with van der Waals surface area (Å²) >= 11 is 3.24. The van der Waals surface area contributed by atoms with Crippen LogP contribution in [0.1, 0.15) is 11.0 Å². The van der Waals surface area contributed by atoms with Crippen LogP contribution in [0.5, 0.6) is 0 Å². The Balaban J connectivity index is 2.14. The number of nitrogens with zero attached hydrogens (tertiary/aromatic N) is 1. The zero-order valence-electron chi connectivity index (χ0n) is 11.7. The number of carbonyl (C=O) groups is 2. The average Bonchev–Trinajstić information content (AvgIpc) is 3.01. The van der Waals surface area contributed by atoms with Gasteiger partial charge in [-0.1, -0.05) is 24.3 Å².